The van der Waals surface area contributed by atoms with E-state index in [0.29, 0.717) is 17.1 Å². The van der Waals surface area contributed by atoms with Gasteiger partial charge in [0.15, 0.2) is 5.82 Å². The second-order valence-corrected chi connectivity index (χ2v) is 6.67. The number of methoxy groups -OCH3 is 1. The minimum Gasteiger partial charge on any atom is -0.465 e. The van der Waals surface area contributed by atoms with Gasteiger partial charge in [0.25, 0.3) is 0 Å². The highest BCUT2D eigenvalue weighted by atomic mass is 16.5. The largest absolute Gasteiger partial charge is 0.465 e. The summed E-state index contributed by atoms with van der Waals surface area (Å²) < 4.78 is 6.70. The van der Waals surface area contributed by atoms with Crippen LogP contribution < -0.4 is 0 Å². The number of benzene rings is 1. The first-order valence-electron chi connectivity index (χ1n) is 7.98. The zero-order valence-corrected chi connectivity index (χ0v) is 14.7. The molecule has 2 heterocycles. The van der Waals surface area contributed by atoms with Crippen LogP contribution in [0.5, 0.6) is 0 Å². The summed E-state index contributed by atoms with van der Waals surface area (Å²) in [6, 6.07) is 12.7. The molecule has 25 heavy (non-hydrogen) atoms. The van der Waals surface area contributed by atoms with E-state index < -0.39 is 5.97 Å². The molecule has 0 aliphatic rings. The zero-order chi connectivity index (χ0) is 18.0. The van der Waals surface area contributed by atoms with Crippen molar-refractivity contribution in [2.75, 3.05) is 7.11 Å². The van der Waals surface area contributed by atoms with Gasteiger partial charge in [-0.05, 0) is 24.3 Å². The van der Waals surface area contributed by atoms with E-state index in [1.165, 1.54) is 7.11 Å². The number of imidazole rings is 1. The molecular formula is C19H20N4O2. The molecule has 0 saturated carbocycles. The summed E-state index contributed by atoms with van der Waals surface area (Å²) in [4.78, 5) is 16.6. The molecule has 128 valence electrons. The van der Waals surface area contributed by atoms with Gasteiger partial charge in [0.05, 0.1) is 18.4 Å². The Bertz CT molecular complexity index is 951. The van der Waals surface area contributed by atoms with Crippen LogP contribution in [0.3, 0.4) is 0 Å². The monoisotopic (exact) mass is 336 g/mol. The molecule has 3 rings (SSSR count). The van der Waals surface area contributed by atoms with E-state index in [2.05, 4.69) is 36.0 Å². The lowest BCUT2D eigenvalue weighted by Gasteiger charge is -2.15. The molecule has 0 atom stereocenters. The highest BCUT2D eigenvalue weighted by Gasteiger charge is 2.24. The van der Waals surface area contributed by atoms with Crippen LogP contribution in [-0.2, 0) is 10.2 Å². The van der Waals surface area contributed by atoms with E-state index in [-0.39, 0.29) is 5.41 Å². The van der Waals surface area contributed by atoms with Crippen LogP contribution in [0.4, 0.5) is 11.5 Å². The molecule has 2 aromatic heterocycles. The third-order valence-corrected chi connectivity index (χ3v) is 3.78. The SMILES string of the molecule is COC(=O)c1ccccc1N=Nc1c(C(C)(C)C)nc2ccccn12. The van der Waals surface area contributed by atoms with Gasteiger partial charge < -0.3 is 4.74 Å². The molecule has 0 aliphatic heterocycles. The number of hydrogen-bond donors (Lipinski definition) is 0. The summed E-state index contributed by atoms with van der Waals surface area (Å²) in [6.07, 6.45) is 1.90. The van der Waals surface area contributed by atoms with Gasteiger partial charge in [-0.1, -0.05) is 39.0 Å². The highest BCUT2D eigenvalue weighted by molar-refractivity contribution is 5.94. The van der Waals surface area contributed by atoms with Gasteiger partial charge in [0.1, 0.15) is 11.3 Å². The average molecular weight is 336 g/mol. The van der Waals surface area contributed by atoms with Gasteiger partial charge in [0, 0.05) is 11.6 Å². The van der Waals surface area contributed by atoms with Crippen LogP contribution in [0.15, 0.2) is 58.9 Å². The van der Waals surface area contributed by atoms with Gasteiger partial charge in [-0.25, -0.2) is 9.78 Å². The van der Waals surface area contributed by atoms with E-state index in [1.54, 1.807) is 24.3 Å². The number of esters is 1. The number of hydrogen-bond acceptors (Lipinski definition) is 5. The van der Waals surface area contributed by atoms with E-state index in [0.717, 1.165) is 11.3 Å². The summed E-state index contributed by atoms with van der Waals surface area (Å²) in [7, 11) is 1.35. The summed E-state index contributed by atoms with van der Waals surface area (Å²) >= 11 is 0. The zero-order valence-electron chi connectivity index (χ0n) is 14.7. The molecule has 0 saturated heterocycles. The van der Waals surface area contributed by atoms with Crippen LogP contribution in [-0.4, -0.2) is 22.5 Å². The van der Waals surface area contributed by atoms with Crippen molar-refractivity contribution in [1.29, 1.82) is 0 Å². The number of fused-ring (bicyclic) bond motifs is 1. The minimum atomic E-state index is -0.441. The van der Waals surface area contributed by atoms with Crippen LogP contribution in [0.25, 0.3) is 5.65 Å². The molecule has 6 nitrogen and oxygen atoms in total. The van der Waals surface area contributed by atoms with Gasteiger partial charge in [-0.15, -0.1) is 10.2 Å². The summed E-state index contributed by atoms with van der Waals surface area (Å²) in [5.74, 6) is 0.214. The second kappa shape index (κ2) is 6.47. The van der Waals surface area contributed by atoms with Crippen LogP contribution >= 0.6 is 0 Å². The Kier molecular flexibility index (Phi) is 4.35. The van der Waals surface area contributed by atoms with Crippen molar-refractivity contribution in [3.8, 4) is 0 Å². The van der Waals surface area contributed by atoms with E-state index in [9.17, 15) is 4.79 Å². The molecule has 3 aromatic rings. The third-order valence-electron chi connectivity index (χ3n) is 3.78. The van der Waals surface area contributed by atoms with Crippen LogP contribution in [0.1, 0.15) is 36.8 Å². The van der Waals surface area contributed by atoms with Crippen LogP contribution in [0, 0.1) is 0 Å². The molecule has 0 N–H and O–H groups in total. The summed E-state index contributed by atoms with van der Waals surface area (Å²) in [5, 5.41) is 8.73. The number of carbonyl (C=O) groups is 1. The number of nitrogens with zero attached hydrogens (tertiary/aromatic N) is 4. The first-order valence-corrected chi connectivity index (χ1v) is 7.98. The molecule has 1 aromatic carbocycles. The maximum Gasteiger partial charge on any atom is 0.340 e. The van der Waals surface area contributed by atoms with Crippen molar-refractivity contribution in [1.82, 2.24) is 9.38 Å². The van der Waals surface area contributed by atoms with Crippen molar-refractivity contribution < 1.29 is 9.53 Å². The van der Waals surface area contributed by atoms with Gasteiger partial charge >= 0.3 is 5.97 Å². The molecule has 0 fully saturated rings. The molecule has 6 heteroatoms. The molecule has 0 bridgehead atoms. The standard InChI is InChI=1S/C19H20N4O2/c1-19(2,3)16-17(23-12-8-7-11-15(23)20-16)22-21-14-10-6-5-9-13(14)18(24)25-4/h5-12H,1-4H3. The number of aromatic nitrogens is 2. The van der Waals surface area contributed by atoms with Crippen molar-refractivity contribution in [3.05, 3.63) is 59.9 Å². The maximum atomic E-state index is 11.9. The number of carbonyl (C=O) groups excluding carboxylic acids is 1. The van der Waals surface area contributed by atoms with Crippen LogP contribution in [0.2, 0.25) is 0 Å². The maximum absolute atomic E-state index is 11.9. The van der Waals surface area contributed by atoms with Gasteiger partial charge in [0.2, 0.25) is 0 Å². The Balaban J connectivity index is 2.13. The number of rotatable bonds is 3. The van der Waals surface area contributed by atoms with E-state index >= 15 is 0 Å². The number of pyridine rings is 1. The number of azo groups is 1. The lowest BCUT2D eigenvalue weighted by molar-refractivity contribution is 0.0601. The fourth-order valence-electron chi connectivity index (χ4n) is 2.53. The fraction of sp³-hybridized carbons (Fsp3) is 0.263. The number of ether oxygens (including phenoxy) is 1. The van der Waals surface area contributed by atoms with Gasteiger partial charge in [-0.2, -0.15) is 0 Å². The minimum absolute atomic E-state index is 0.192. The van der Waals surface area contributed by atoms with E-state index in [4.69, 9.17) is 4.74 Å². The Morgan fingerprint density at radius 2 is 1.80 bits per heavy atom. The quantitative estimate of drug-likeness (QED) is 0.508. The smallest absolute Gasteiger partial charge is 0.340 e. The molecule has 0 radical (unpaired) electrons. The summed E-state index contributed by atoms with van der Waals surface area (Å²) in [5.41, 5.74) is 2.29. The molecule has 0 amide bonds. The highest BCUT2D eigenvalue weighted by Crippen LogP contribution is 2.33. The topological polar surface area (TPSA) is 68.3 Å². The second-order valence-electron chi connectivity index (χ2n) is 6.67. The average Bonchev–Trinajstić information content (AvgIpc) is 2.98. The molecular weight excluding hydrogens is 316 g/mol. The predicted octanol–water partition coefficient (Wildman–Crippen LogP) is 4.83. The fourth-order valence-corrected chi connectivity index (χ4v) is 2.53. The van der Waals surface area contributed by atoms with Gasteiger partial charge in [-0.3, -0.25) is 4.40 Å². The van der Waals surface area contributed by atoms with Crippen molar-refractivity contribution >= 4 is 23.1 Å². The van der Waals surface area contributed by atoms with Crippen molar-refractivity contribution in [3.63, 3.8) is 0 Å². The lowest BCUT2D eigenvalue weighted by Crippen LogP contribution is -2.11. The third kappa shape index (κ3) is 3.28. The normalized spacial score (nSPS) is 12.0. The predicted molar refractivity (Wildman–Crippen MR) is 95.8 cm³/mol. The van der Waals surface area contributed by atoms with Crippen molar-refractivity contribution in [2.24, 2.45) is 10.2 Å². The summed E-state index contributed by atoms with van der Waals surface area (Å²) in [6.45, 7) is 6.24. The first-order chi connectivity index (χ1) is 11.9. The Hall–Kier alpha value is -3.02. The lowest BCUT2D eigenvalue weighted by atomic mass is 9.92. The Morgan fingerprint density at radius 3 is 2.52 bits per heavy atom. The van der Waals surface area contributed by atoms with Crippen molar-refractivity contribution in [2.45, 2.75) is 26.2 Å². The first kappa shape index (κ1) is 16.8. The Morgan fingerprint density at radius 1 is 1.08 bits per heavy atom. The molecule has 0 spiro atoms. The molecule has 0 aliphatic carbocycles. The molecule has 0 unspecified atom stereocenters. The van der Waals surface area contributed by atoms with E-state index in [1.807, 2.05) is 28.8 Å². The Labute approximate surface area is 146 Å².